The van der Waals surface area contributed by atoms with E-state index in [1.807, 2.05) is 0 Å². The zero-order chi connectivity index (χ0) is 33.1. The molecule has 0 saturated heterocycles. The highest BCUT2D eigenvalue weighted by atomic mass is 31.2. The fraction of sp³-hybridized carbons (Fsp3) is 0.806. The van der Waals surface area contributed by atoms with Gasteiger partial charge < -0.3 is 20.1 Å². The molecule has 0 spiro atoms. The molecule has 0 aliphatic rings. The van der Waals surface area contributed by atoms with Gasteiger partial charge in [-0.25, -0.2) is 4.57 Å². The fourth-order valence-electron chi connectivity index (χ4n) is 4.72. The third kappa shape index (κ3) is 33.9. The Morgan fingerprint density at radius 2 is 1.24 bits per heavy atom. The Morgan fingerprint density at radius 1 is 0.689 bits per heavy atom. The van der Waals surface area contributed by atoms with Crippen LogP contribution in [0, 0.1) is 0 Å². The molecule has 0 radical (unpaired) electrons. The number of nitrogens with two attached hydrogens (primary N) is 1. The summed E-state index contributed by atoms with van der Waals surface area (Å²) < 4.78 is 33.2. The van der Waals surface area contributed by atoms with E-state index in [-0.39, 0.29) is 32.3 Å². The average Bonchev–Trinajstić information content (AvgIpc) is 3.02. The molecular formula is C36H68NO7P. The average molecular weight is 658 g/mol. The lowest BCUT2D eigenvalue weighted by Gasteiger charge is -2.20. The summed E-state index contributed by atoms with van der Waals surface area (Å²) in [4.78, 5) is 22.2. The molecule has 0 aliphatic heterocycles. The number of esters is 1. The van der Waals surface area contributed by atoms with Crippen LogP contribution in [0.3, 0.4) is 0 Å². The summed E-state index contributed by atoms with van der Waals surface area (Å²) in [7, 11) is -4.26. The van der Waals surface area contributed by atoms with Gasteiger partial charge in [-0.15, -0.1) is 0 Å². The molecule has 264 valence electrons. The quantitative estimate of drug-likeness (QED) is 0.0304. The highest BCUT2D eigenvalue weighted by Crippen LogP contribution is 2.43. The van der Waals surface area contributed by atoms with E-state index in [9.17, 15) is 14.3 Å². The van der Waals surface area contributed by atoms with Gasteiger partial charge in [-0.05, 0) is 44.9 Å². The van der Waals surface area contributed by atoms with Crippen LogP contribution in [-0.4, -0.2) is 49.9 Å². The molecule has 3 N–H and O–H groups in total. The number of unbranched alkanes of at least 4 members (excludes halogenated alkanes) is 15. The van der Waals surface area contributed by atoms with Crippen LogP contribution < -0.4 is 5.73 Å². The molecule has 0 rings (SSSR count). The minimum atomic E-state index is -4.26. The van der Waals surface area contributed by atoms with E-state index in [1.165, 1.54) is 70.6 Å². The highest BCUT2D eigenvalue weighted by molar-refractivity contribution is 7.47. The zero-order valence-corrected chi connectivity index (χ0v) is 29.7. The lowest BCUT2D eigenvalue weighted by molar-refractivity contribution is -0.154. The number of phosphoric ester groups is 1. The van der Waals surface area contributed by atoms with E-state index in [0.29, 0.717) is 13.0 Å². The van der Waals surface area contributed by atoms with Gasteiger partial charge in [0.05, 0.1) is 19.8 Å². The van der Waals surface area contributed by atoms with Crippen LogP contribution in [0.5, 0.6) is 0 Å². The Labute approximate surface area is 276 Å². The van der Waals surface area contributed by atoms with Gasteiger partial charge in [0, 0.05) is 19.6 Å². The van der Waals surface area contributed by atoms with Crippen molar-refractivity contribution in [2.24, 2.45) is 5.73 Å². The van der Waals surface area contributed by atoms with Gasteiger partial charge in [0.25, 0.3) is 0 Å². The Bertz CT molecular complexity index is 787. The summed E-state index contributed by atoms with van der Waals surface area (Å²) in [5.74, 6) is -0.340. The summed E-state index contributed by atoms with van der Waals surface area (Å²) in [6.45, 7) is 4.75. The third-order valence-electron chi connectivity index (χ3n) is 7.32. The molecule has 0 bridgehead atoms. The van der Waals surface area contributed by atoms with Crippen LogP contribution >= 0.6 is 7.82 Å². The molecule has 0 heterocycles. The van der Waals surface area contributed by atoms with Crippen molar-refractivity contribution >= 4 is 13.8 Å². The van der Waals surface area contributed by atoms with E-state index in [2.05, 4.69) is 50.3 Å². The normalized spacial score (nSPS) is 14.1. The Hall–Kier alpha value is -1.28. The van der Waals surface area contributed by atoms with Crippen LogP contribution in [-0.2, 0) is 27.9 Å². The van der Waals surface area contributed by atoms with Crippen molar-refractivity contribution in [2.75, 3.05) is 33.0 Å². The van der Waals surface area contributed by atoms with Crippen LogP contribution in [0.15, 0.2) is 36.5 Å². The van der Waals surface area contributed by atoms with Gasteiger partial charge in [0.15, 0.2) is 0 Å². The van der Waals surface area contributed by atoms with Crippen molar-refractivity contribution in [1.82, 2.24) is 0 Å². The molecule has 0 saturated carbocycles. The van der Waals surface area contributed by atoms with E-state index in [1.54, 1.807) is 0 Å². The molecule has 0 aromatic carbocycles. The molecule has 0 aromatic heterocycles. The smallest absolute Gasteiger partial charge is 0.457 e. The summed E-state index contributed by atoms with van der Waals surface area (Å²) in [6, 6.07) is 0. The summed E-state index contributed by atoms with van der Waals surface area (Å²) in [5.41, 5.74) is 5.34. The maximum Gasteiger partial charge on any atom is 0.472 e. The second-order valence-electron chi connectivity index (χ2n) is 11.7. The first-order valence-corrected chi connectivity index (χ1v) is 19.5. The molecule has 0 aromatic rings. The molecular weight excluding hydrogens is 589 g/mol. The number of hydrogen-bond acceptors (Lipinski definition) is 7. The van der Waals surface area contributed by atoms with Gasteiger partial charge >= 0.3 is 13.8 Å². The highest BCUT2D eigenvalue weighted by Gasteiger charge is 2.25. The largest absolute Gasteiger partial charge is 0.472 e. The molecule has 8 nitrogen and oxygen atoms in total. The molecule has 0 amide bonds. The van der Waals surface area contributed by atoms with Crippen molar-refractivity contribution in [3.05, 3.63) is 36.5 Å². The zero-order valence-electron chi connectivity index (χ0n) is 28.8. The summed E-state index contributed by atoms with van der Waals surface area (Å²) in [5, 5.41) is 0. The standard InChI is InChI=1S/C36H68NO7P/c1-3-5-7-9-11-13-14-15-16-17-18-19-20-21-22-24-26-28-31-41-33-35(34-43-45(39,40)42-32-30-37)44-36(38)29-27-25-23-12-10-8-6-4-2/h5,7,11,13,15-16,35H,3-4,6,8-10,12,14,17-34,37H2,1-2H3,(H,39,40)/b7-5-,13-11-,16-15-. The van der Waals surface area contributed by atoms with Crippen molar-refractivity contribution in [3.63, 3.8) is 0 Å². The minimum Gasteiger partial charge on any atom is -0.457 e. The first-order chi connectivity index (χ1) is 21.9. The predicted molar refractivity (Wildman–Crippen MR) is 187 cm³/mol. The fourth-order valence-corrected chi connectivity index (χ4v) is 5.48. The van der Waals surface area contributed by atoms with Gasteiger partial charge in [-0.2, -0.15) is 0 Å². The van der Waals surface area contributed by atoms with E-state index < -0.39 is 13.9 Å². The van der Waals surface area contributed by atoms with E-state index in [4.69, 9.17) is 24.3 Å². The monoisotopic (exact) mass is 657 g/mol. The van der Waals surface area contributed by atoms with Crippen molar-refractivity contribution in [1.29, 1.82) is 0 Å². The molecule has 2 atom stereocenters. The molecule has 9 heteroatoms. The maximum atomic E-state index is 12.4. The van der Waals surface area contributed by atoms with Gasteiger partial charge in [0.1, 0.15) is 6.10 Å². The van der Waals surface area contributed by atoms with Crippen molar-refractivity contribution < 1.29 is 32.8 Å². The van der Waals surface area contributed by atoms with Gasteiger partial charge in [-0.1, -0.05) is 134 Å². The second kappa shape index (κ2) is 34.1. The Morgan fingerprint density at radius 3 is 1.87 bits per heavy atom. The summed E-state index contributed by atoms with van der Waals surface area (Å²) in [6.07, 6.45) is 35.9. The van der Waals surface area contributed by atoms with E-state index in [0.717, 1.165) is 57.8 Å². The van der Waals surface area contributed by atoms with Crippen LogP contribution in [0.1, 0.15) is 149 Å². The topological polar surface area (TPSA) is 117 Å². The van der Waals surface area contributed by atoms with Crippen LogP contribution in [0.4, 0.5) is 0 Å². The lowest BCUT2D eigenvalue weighted by atomic mass is 10.1. The maximum absolute atomic E-state index is 12.4. The molecule has 0 fully saturated rings. The van der Waals surface area contributed by atoms with Crippen molar-refractivity contribution in [3.8, 4) is 0 Å². The van der Waals surface area contributed by atoms with Crippen molar-refractivity contribution in [2.45, 2.75) is 155 Å². The number of phosphoric acid groups is 1. The number of hydrogen-bond donors (Lipinski definition) is 2. The second-order valence-corrected chi connectivity index (χ2v) is 13.2. The number of carbonyl (C=O) groups is 1. The SMILES string of the molecule is CC/C=C\C/C=C\C/C=C\CCCCCCCCCCOCC(COP(=O)(O)OCCN)OC(=O)CCCCCCCCCC. The van der Waals surface area contributed by atoms with Gasteiger partial charge in [0.2, 0.25) is 0 Å². The number of allylic oxidation sites excluding steroid dienone is 6. The first kappa shape index (κ1) is 43.7. The predicted octanol–water partition coefficient (Wildman–Crippen LogP) is 9.91. The lowest BCUT2D eigenvalue weighted by Crippen LogP contribution is -2.28. The minimum absolute atomic E-state index is 0.0969. The van der Waals surface area contributed by atoms with E-state index >= 15 is 0 Å². The molecule has 0 aliphatic carbocycles. The van der Waals surface area contributed by atoms with Crippen LogP contribution in [0.2, 0.25) is 0 Å². The molecule has 2 unspecified atom stereocenters. The Balaban J connectivity index is 4.03. The third-order valence-corrected chi connectivity index (χ3v) is 8.31. The van der Waals surface area contributed by atoms with Gasteiger partial charge in [-0.3, -0.25) is 13.8 Å². The van der Waals surface area contributed by atoms with Crippen LogP contribution in [0.25, 0.3) is 0 Å². The Kier molecular flexibility index (Phi) is 33.1. The first-order valence-electron chi connectivity index (χ1n) is 18.0. The number of ether oxygens (including phenoxy) is 2. The summed E-state index contributed by atoms with van der Waals surface area (Å²) >= 11 is 0. The number of rotatable bonds is 34. The number of carbonyl (C=O) groups excluding carboxylic acids is 1. The molecule has 45 heavy (non-hydrogen) atoms.